The Labute approximate surface area is 124 Å². The molecular weight excluding hydrogens is 278 g/mol. The molecule has 0 aromatic rings. The molecule has 1 saturated heterocycles. The van der Waals surface area contributed by atoms with Crippen LogP contribution in [0.4, 0.5) is 4.79 Å². The number of hydrogen-bond donors (Lipinski definition) is 2. The highest BCUT2D eigenvalue weighted by atomic mass is 16.6. The molecule has 1 aliphatic rings. The monoisotopic (exact) mass is 301 g/mol. The number of rotatable bonds is 4. The van der Waals surface area contributed by atoms with Gasteiger partial charge in [0.2, 0.25) is 5.91 Å². The fourth-order valence-electron chi connectivity index (χ4n) is 1.78. The van der Waals surface area contributed by atoms with E-state index >= 15 is 0 Å². The molecule has 120 valence electrons. The van der Waals surface area contributed by atoms with Gasteiger partial charge in [0, 0.05) is 32.6 Å². The van der Waals surface area contributed by atoms with Crippen molar-refractivity contribution in [3.63, 3.8) is 0 Å². The summed E-state index contributed by atoms with van der Waals surface area (Å²) in [7, 11) is 0. The number of carbonyl (C=O) groups excluding carboxylic acids is 2. The first-order valence-electron chi connectivity index (χ1n) is 6.91. The fraction of sp³-hybridized carbons (Fsp3) is 0.769. The van der Waals surface area contributed by atoms with E-state index in [-0.39, 0.29) is 24.8 Å². The number of aliphatic carboxylic acids is 1. The van der Waals surface area contributed by atoms with Crippen LogP contribution in [0, 0.1) is 0 Å². The number of piperazine rings is 1. The minimum atomic E-state index is -1.00. The number of carboxylic acids is 1. The molecule has 0 spiro atoms. The number of nitrogens with one attached hydrogen (secondary N) is 1. The van der Waals surface area contributed by atoms with Gasteiger partial charge in [-0.15, -0.1) is 0 Å². The fourth-order valence-corrected chi connectivity index (χ4v) is 1.78. The lowest BCUT2D eigenvalue weighted by atomic mass is 10.2. The van der Waals surface area contributed by atoms with Gasteiger partial charge in [0.1, 0.15) is 5.60 Å². The van der Waals surface area contributed by atoms with Gasteiger partial charge in [-0.05, 0) is 20.8 Å². The Hall–Kier alpha value is -1.83. The van der Waals surface area contributed by atoms with E-state index in [0.29, 0.717) is 26.2 Å². The summed E-state index contributed by atoms with van der Waals surface area (Å²) in [5.41, 5.74) is 2.11. The molecule has 21 heavy (non-hydrogen) atoms. The van der Waals surface area contributed by atoms with Gasteiger partial charge in [0.25, 0.3) is 0 Å². The van der Waals surface area contributed by atoms with Gasteiger partial charge in [0.05, 0.1) is 6.42 Å². The SMILES string of the molecule is CC(C)(C)OC(=O)N1CCN(NC(=O)CCC(=O)O)CC1. The van der Waals surface area contributed by atoms with Crippen LogP contribution in [0.3, 0.4) is 0 Å². The average Bonchev–Trinajstić information content (AvgIpc) is 2.35. The Morgan fingerprint density at radius 3 is 2.14 bits per heavy atom. The first kappa shape index (κ1) is 17.2. The zero-order valence-electron chi connectivity index (χ0n) is 12.7. The summed E-state index contributed by atoms with van der Waals surface area (Å²) < 4.78 is 5.27. The first-order valence-corrected chi connectivity index (χ1v) is 6.91. The Morgan fingerprint density at radius 1 is 1.10 bits per heavy atom. The highest BCUT2D eigenvalue weighted by molar-refractivity contribution is 5.80. The maximum Gasteiger partial charge on any atom is 0.410 e. The Balaban J connectivity index is 2.30. The van der Waals surface area contributed by atoms with Crippen molar-refractivity contribution in [3.8, 4) is 0 Å². The number of hydrazine groups is 1. The molecule has 0 atom stereocenters. The lowest BCUT2D eigenvalue weighted by Crippen LogP contribution is -2.55. The minimum Gasteiger partial charge on any atom is -0.481 e. The Bertz CT molecular complexity index is 397. The van der Waals surface area contributed by atoms with Crippen molar-refractivity contribution in [2.75, 3.05) is 26.2 Å². The van der Waals surface area contributed by atoms with Crippen LogP contribution in [0.25, 0.3) is 0 Å². The van der Waals surface area contributed by atoms with E-state index < -0.39 is 11.6 Å². The summed E-state index contributed by atoms with van der Waals surface area (Å²) in [6.45, 7) is 7.30. The lowest BCUT2D eigenvalue weighted by Gasteiger charge is -2.35. The quantitative estimate of drug-likeness (QED) is 0.781. The van der Waals surface area contributed by atoms with E-state index in [2.05, 4.69) is 5.43 Å². The number of ether oxygens (including phenoxy) is 1. The lowest BCUT2D eigenvalue weighted by molar-refractivity contribution is -0.139. The largest absolute Gasteiger partial charge is 0.481 e. The van der Waals surface area contributed by atoms with Crippen LogP contribution < -0.4 is 5.43 Å². The molecule has 0 aliphatic carbocycles. The zero-order chi connectivity index (χ0) is 16.0. The molecule has 1 aliphatic heterocycles. The second kappa shape index (κ2) is 7.26. The number of hydrogen-bond acceptors (Lipinski definition) is 5. The van der Waals surface area contributed by atoms with Gasteiger partial charge in [-0.1, -0.05) is 0 Å². The summed E-state index contributed by atoms with van der Waals surface area (Å²) in [6.07, 6.45) is -0.606. The molecule has 8 heteroatoms. The van der Waals surface area contributed by atoms with Crippen LogP contribution in [-0.4, -0.2) is 64.8 Å². The first-order chi connectivity index (χ1) is 9.67. The highest BCUT2D eigenvalue weighted by Crippen LogP contribution is 2.11. The van der Waals surface area contributed by atoms with E-state index in [9.17, 15) is 14.4 Å². The van der Waals surface area contributed by atoms with Gasteiger partial charge >= 0.3 is 12.1 Å². The standard InChI is InChI=1S/C13H23N3O5/c1-13(2,3)21-12(20)15-6-8-16(9-7-15)14-10(17)4-5-11(18)19/h4-9H2,1-3H3,(H,14,17)(H,18,19). The van der Waals surface area contributed by atoms with Crippen LogP contribution in [0.2, 0.25) is 0 Å². The van der Waals surface area contributed by atoms with Crippen molar-refractivity contribution in [1.82, 2.24) is 15.3 Å². The summed E-state index contributed by atoms with van der Waals surface area (Å²) in [4.78, 5) is 35.3. The van der Waals surface area contributed by atoms with Gasteiger partial charge in [-0.3, -0.25) is 15.0 Å². The summed E-state index contributed by atoms with van der Waals surface area (Å²) in [5, 5.41) is 10.2. The predicted molar refractivity (Wildman–Crippen MR) is 74.4 cm³/mol. The summed E-state index contributed by atoms with van der Waals surface area (Å²) >= 11 is 0. The summed E-state index contributed by atoms with van der Waals surface area (Å²) in [5.74, 6) is -1.33. The maximum atomic E-state index is 11.9. The van der Waals surface area contributed by atoms with Gasteiger partial charge in [0.15, 0.2) is 0 Å². The second-order valence-electron chi connectivity index (χ2n) is 5.88. The Morgan fingerprint density at radius 2 is 1.67 bits per heavy atom. The second-order valence-corrected chi connectivity index (χ2v) is 5.88. The van der Waals surface area contributed by atoms with Crippen molar-refractivity contribution in [2.24, 2.45) is 0 Å². The van der Waals surface area contributed by atoms with E-state index in [0.717, 1.165) is 0 Å². The third kappa shape index (κ3) is 6.94. The Kier molecular flexibility index (Phi) is 5.95. The predicted octanol–water partition coefficient (Wildman–Crippen LogP) is 0.435. The molecule has 1 fully saturated rings. The normalized spacial score (nSPS) is 16.4. The maximum absolute atomic E-state index is 11.9. The third-order valence-corrected chi connectivity index (χ3v) is 2.78. The molecule has 0 bridgehead atoms. The van der Waals surface area contributed by atoms with Gasteiger partial charge < -0.3 is 14.7 Å². The molecule has 8 nitrogen and oxygen atoms in total. The van der Waals surface area contributed by atoms with Crippen molar-refractivity contribution in [3.05, 3.63) is 0 Å². The number of amides is 2. The van der Waals surface area contributed by atoms with Crippen LogP contribution in [0.1, 0.15) is 33.6 Å². The van der Waals surface area contributed by atoms with Crippen LogP contribution in [-0.2, 0) is 14.3 Å². The van der Waals surface area contributed by atoms with Crippen molar-refractivity contribution in [1.29, 1.82) is 0 Å². The van der Waals surface area contributed by atoms with E-state index in [1.165, 1.54) is 0 Å². The third-order valence-electron chi connectivity index (χ3n) is 2.78. The molecule has 0 radical (unpaired) electrons. The van der Waals surface area contributed by atoms with E-state index in [4.69, 9.17) is 9.84 Å². The minimum absolute atomic E-state index is 0.0540. The van der Waals surface area contributed by atoms with E-state index in [1.54, 1.807) is 9.91 Å². The molecule has 0 unspecified atom stereocenters. The van der Waals surface area contributed by atoms with Crippen molar-refractivity contribution >= 4 is 18.0 Å². The molecule has 1 rings (SSSR count). The molecule has 0 aromatic heterocycles. The van der Waals surface area contributed by atoms with Crippen molar-refractivity contribution < 1.29 is 24.2 Å². The van der Waals surface area contributed by atoms with Crippen LogP contribution >= 0.6 is 0 Å². The molecule has 2 N–H and O–H groups in total. The molecular formula is C13H23N3O5. The zero-order valence-corrected chi connectivity index (χ0v) is 12.7. The van der Waals surface area contributed by atoms with Gasteiger partial charge in [-0.2, -0.15) is 0 Å². The molecule has 0 saturated carbocycles. The molecule has 1 heterocycles. The molecule has 0 aromatic carbocycles. The van der Waals surface area contributed by atoms with Crippen molar-refractivity contribution in [2.45, 2.75) is 39.2 Å². The number of carboxylic acid groups (broad SMARTS) is 1. The van der Waals surface area contributed by atoms with Gasteiger partial charge in [-0.25, -0.2) is 9.80 Å². The summed E-state index contributed by atoms with van der Waals surface area (Å²) in [6, 6.07) is 0. The van der Waals surface area contributed by atoms with Crippen LogP contribution in [0.5, 0.6) is 0 Å². The number of nitrogens with zero attached hydrogens (tertiary/aromatic N) is 2. The smallest absolute Gasteiger partial charge is 0.410 e. The highest BCUT2D eigenvalue weighted by Gasteiger charge is 2.26. The van der Waals surface area contributed by atoms with Crippen LogP contribution in [0.15, 0.2) is 0 Å². The number of carbonyl (C=O) groups is 3. The topological polar surface area (TPSA) is 99.2 Å². The van der Waals surface area contributed by atoms with E-state index in [1.807, 2.05) is 20.8 Å². The average molecular weight is 301 g/mol. The molecule has 2 amide bonds.